The van der Waals surface area contributed by atoms with E-state index >= 15 is 0 Å². The van der Waals surface area contributed by atoms with Crippen molar-refractivity contribution in [1.29, 1.82) is 0 Å². The summed E-state index contributed by atoms with van der Waals surface area (Å²) < 4.78 is 24.2. The molecular weight excluding hydrogens is 537 g/mol. The van der Waals surface area contributed by atoms with Crippen LogP contribution in [0.4, 0.5) is 10.1 Å². The van der Waals surface area contributed by atoms with Crippen molar-refractivity contribution < 1.29 is 28.6 Å². The molecule has 4 N–H and O–H groups in total. The number of carbonyl (C=O) groups excluding carboxylic acids is 1. The van der Waals surface area contributed by atoms with Crippen molar-refractivity contribution in [2.24, 2.45) is 11.7 Å². The van der Waals surface area contributed by atoms with Crippen LogP contribution in [0.3, 0.4) is 0 Å². The summed E-state index contributed by atoms with van der Waals surface area (Å²) in [5.74, 6) is -1.13. The summed E-state index contributed by atoms with van der Waals surface area (Å²) in [6.07, 6.45) is 15.0. The number of aliphatic carboxylic acids is 1. The van der Waals surface area contributed by atoms with Crippen LogP contribution in [-0.2, 0) is 19.1 Å². The van der Waals surface area contributed by atoms with Gasteiger partial charge in [-0.05, 0) is 68.2 Å². The Bertz CT molecular complexity index is 1220. The van der Waals surface area contributed by atoms with E-state index in [9.17, 15) is 14.0 Å². The van der Waals surface area contributed by atoms with E-state index in [1.165, 1.54) is 12.2 Å². The number of aryl methyl sites for hydroxylation is 1. The van der Waals surface area contributed by atoms with E-state index in [4.69, 9.17) is 20.3 Å². The number of carboxylic acid groups (broad SMARTS) is 1. The number of ether oxygens (including phenoxy) is 2. The zero-order valence-electron chi connectivity index (χ0n) is 24.9. The molecule has 0 bridgehead atoms. The SMILES string of the molecule is C=C(F)/C=C(\C=C/COCC1CCCN1C(=O)CC1C=CC(Nc2ccccc2C)=C(OC)C1)C(=O)O.CC/C=C/N. The smallest absolute Gasteiger partial charge is 0.335 e. The first kappa shape index (κ1) is 34.1. The number of allylic oxidation sites excluding steroid dienone is 6. The molecule has 9 heteroatoms. The van der Waals surface area contributed by atoms with Gasteiger partial charge in [-0.3, -0.25) is 4.79 Å². The first-order valence-electron chi connectivity index (χ1n) is 14.2. The minimum Gasteiger partial charge on any atom is -0.499 e. The Kier molecular flexibility index (Phi) is 14.9. The fourth-order valence-electron chi connectivity index (χ4n) is 4.66. The molecule has 0 aromatic heterocycles. The fourth-order valence-corrected chi connectivity index (χ4v) is 4.66. The van der Waals surface area contributed by atoms with Crippen molar-refractivity contribution in [3.8, 4) is 0 Å². The highest BCUT2D eigenvalue weighted by atomic mass is 19.1. The van der Waals surface area contributed by atoms with Gasteiger partial charge >= 0.3 is 5.97 Å². The molecule has 1 fully saturated rings. The van der Waals surface area contributed by atoms with Gasteiger partial charge in [-0.15, -0.1) is 0 Å². The molecule has 1 amide bonds. The Morgan fingerprint density at radius 2 is 2.05 bits per heavy atom. The van der Waals surface area contributed by atoms with E-state index in [2.05, 4.69) is 18.0 Å². The number of hydrogen-bond donors (Lipinski definition) is 3. The second-order valence-corrected chi connectivity index (χ2v) is 10.0. The zero-order valence-corrected chi connectivity index (χ0v) is 24.9. The van der Waals surface area contributed by atoms with Gasteiger partial charge in [0.15, 0.2) is 0 Å². The minimum absolute atomic E-state index is 0.0238. The third kappa shape index (κ3) is 11.4. The molecule has 2 unspecified atom stereocenters. The van der Waals surface area contributed by atoms with Crippen molar-refractivity contribution >= 4 is 17.6 Å². The number of halogens is 1. The number of nitrogens with zero attached hydrogens (tertiary/aromatic N) is 1. The highest BCUT2D eigenvalue weighted by molar-refractivity contribution is 5.90. The lowest BCUT2D eigenvalue weighted by Crippen LogP contribution is -2.39. The van der Waals surface area contributed by atoms with Gasteiger partial charge in [-0.2, -0.15) is 0 Å². The highest BCUT2D eigenvalue weighted by Crippen LogP contribution is 2.30. The van der Waals surface area contributed by atoms with Gasteiger partial charge in [0.25, 0.3) is 0 Å². The van der Waals surface area contributed by atoms with Crippen molar-refractivity contribution in [2.45, 2.75) is 52.0 Å². The lowest BCUT2D eigenvalue weighted by atomic mass is 9.93. The van der Waals surface area contributed by atoms with Gasteiger partial charge in [0.1, 0.15) is 11.6 Å². The number of carboxylic acids is 1. The van der Waals surface area contributed by atoms with E-state index in [1.807, 2.05) is 55.2 Å². The zero-order chi connectivity index (χ0) is 30.9. The average molecular weight is 582 g/mol. The Hall–Kier alpha value is -4.11. The summed E-state index contributed by atoms with van der Waals surface area (Å²) in [6.45, 7) is 8.34. The van der Waals surface area contributed by atoms with Crippen molar-refractivity contribution in [2.75, 3.05) is 32.2 Å². The maximum Gasteiger partial charge on any atom is 0.335 e. The van der Waals surface area contributed by atoms with Gasteiger partial charge in [0, 0.05) is 25.1 Å². The number of amides is 1. The monoisotopic (exact) mass is 581 g/mol. The van der Waals surface area contributed by atoms with Crippen LogP contribution in [0.5, 0.6) is 0 Å². The molecule has 1 heterocycles. The number of methoxy groups -OCH3 is 1. The summed E-state index contributed by atoms with van der Waals surface area (Å²) in [6, 6.07) is 8.02. The Morgan fingerprint density at radius 1 is 1.29 bits per heavy atom. The summed E-state index contributed by atoms with van der Waals surface area (Å²) in [5.41, 5.74) is 7.80. The van der Waals surface area contributed by atoms with Crippen LogP contribution in [0.15, 0.2) is 96.4 Å². The van der Waals surface area contributed by atoms with E-state index in [1.54, 1.807) is 13.3 Å². The molecular formula is C33H44FN3O5. The molecule has 1 aromatic carbocycles. The van der Waals surface area contributed by atoms with Crippen molar-refractivity contribution in [3.63, 3.8) is 0 Å². The summed E-state index contributed by atoms with van der Waals surface area (Å²) in [5, 5.41) is 12.5. The number of rotatable bonds is 13. The van der Waals surface area contributed by atoms with E-state index < -0.39 is 11.8 Å². The number of nitrogens with one attached hydrogen (secondary N) is 1. The number of anilines is 1. The Balaban J connectivity index is 0.00000113. The highest BCUT2D eigenvalue weighted by Gasteiger charge is 2.30. The van der Waals surface area contributed by atoms with Crippen molar-refractivity contribution in [1.82, 2.24) is 4.90 Å². The van der Waals surface area contributed by atoms with Gasteiger partial charge in [0.05, 0.1) is 37.6 Å². The maximum absolute atomic E-state index is 13.1. The molecule has 1 aromatic rings. The molecule has 2 atom stereocenters. The first-order valence-corrected chi connectivity index (χ1v) is 14.2. The van der Waals surface area contributed by atoms with Crippen LogP contribution in [0.2, 0.25) is 0 Å². The summed E-state index contributed by atoms with van der Waals surface area (Å²) >= 11 is 0. The molecule has 42 heavy (non-hydrogen) atoms. The van der Waals surface area contributed by atoms with E-state index in [-0.39, 0.29) is 30.0 Å². The van der Waals surface area contributed by atoms with Crippen LogP contribution in [0.25, 0.3) is 0 Å². The molecule has 8 nitrogen and oxygen atoms in total. The lowest BCUT2D eigenvalue weighted by molar-refractivity contribution is -0.134. The third-order valence-corrected chi connectivity index (χ3v) is 6.83. The molecule has 1 aliphatic heterocycles. The van der Waals surface area contributed by atoms with E-state index in [0.29, 0.717) is 26.0 Å². The van der Waals surface area contributed by atoms with Crippen LogP contribution in [-0.4, -0.2) is 54.8 Å². The molecule has 228 valence electrons. The molecule has 0 spiro atoms. The number of hydrogen-bond acceptors (Lipinski definition) is 6. The summed E-state index contributed by atoms with van der Waals surface area (Å²) in [7, 11) is 1.65. The van der Waals surface area contributed by atoms with Gasteiger partial charge < -0.3 is 30.5 Å². The summed E-state index contributed by atoms with van der Waals surface area (Å²) in [4.78, 5) is 26.1. The average Bonchev–Trinajstić information content (AvgIpc) is 3.43. The van der Waals surface area contributed by atoms with Gasteiger partial charge in [-0.25, -0.2) is 9.18 Å². The molecule has 0 saturated carbocycles. The van der Waals surface area contributed by atoms with Crippen LogP contribution < -0.4 is 11.1 Å². The number of nitrogens with two attached hydrogens (primary N) is 1. The first-order chi connectivity index (χ1) is 20.2. The Labute approximate surface area is 248 Å². The fraction of sp³-hybridized carbons (Fsp3) is 0.394. The third-order valence-electron chi connectivity index (χ3n) is 6.83. The topological polar surface area (TPSA) is 114 Å². The van der Waals surface area contributed by atoms with Crippen molar-refractivity contribution in [3.05, 3.63) is 102 Å². The largest absolute Gasteiger partial charge is 0.499 e. The van der Waals surface area contributed by atoms with Gasteiger partial charge in [0.2, 0.25) is 5.91 Å². The number of likely N-dealkylation sites (tertiary alicyclic amines) is 1. The molecule has 1 aliphatic carbocycles. The number of carbonyl (C=O) groups is 2. The minimum atomic E-state index is -1.25. The van der Waals surface area contributed by atoms with Crippen LogP contribution in [0, 0.1) is 12.8 Å². The molecule has 0 radical (unpaired) electrons. The van der Waals surface area contributed by atoms with Crippen LogP contribution >= 0.6 is 0 Å². The Morgan fingerprint density at radius 3 is 2.67 bits per heavy atom. The number of para-hydroxylation sites is 1. The predicted octanol–water partition coefficient (Wildman–Crippen LogP) is 6.16. The molecule has 2 aliphatic rings. The van der Waals surface area contributed by atoms with Crippen LogP contribution in [0.1, 0.15) is 44.6 Å². The van der Waals surface area contributed by atoms with E-state index in [0.717, 1.165) is 48.0 Å². The second kappa shape index (κ2) is 18.3. The second-order valence-electron chi connectivity index (χ2n) is 10.0. The standard InChI is InChI=1S/C29H35FN2O5.C4H9N/c1-20-8-4-5-11-25(20)31-26-13-12-22(17-27(26)36-3)18-28(33)32-14-6-10-24(32)19-37-15-7-9-23(29(34)35)16-21(2)30;1-2-3-4-5/h4-5,7-9,11-13,16,22,24,31H,2,6,10,14-15,17-19H2,1,3H3,(H,34,35);3-4H,2,5H2,1H3/b9-7-,23-16+;4-3+. The molecule has 3 rings (SSSR count). The predicted molar refractivity (Wildman–Crippen MR) is 165 cm³/mol. The normalized spacial score (nSPS) is 18.8. The molecule has 1 saturated heterocycles. The van der Waals surface area contributed by atoms with Gasteiger partial charge in [-0.1, -0.05) is 49.9 Å². The maximum atomic E-state index is 13.1. The lowest BCUT2D eigenvalue weighted by Gasteiger charge is -2.27. The quantitative estimate of drug-likeness (QED) is 0.145. The number of benzene rings is 1.